The van der Waals surface area contributed by atoms with E-state index in [0.29, 0.717) is 24.5 Å². The first-order valence-corrected chi connectivity index (χ1v) is 11.1. The average molecular weight is 450 g/mol. The van der Waals surface area contributed by atoms with Crippen molar-refractivity contribution in [1.82, 2.24) is 14.9 Å². The highest BCUT2D eigenvalue weighted by Crippen LogP contribution is 2.25. The summed E-state index contributed by atoms with van der Waals surface area (Å²) in [5.41, 5.74) is 2.90. The van der Waals surface area contributed by atoms with Crippen LogP contribution in [0.15, 0.2) is 60.7 Å². The Hall–Kier alpha value is -3.61. The van der Waals surface area contributed by atoms with Crippen LogP contribution < -0.4 is 5.32 Å². The van der Waals surface area contributed by atoms with Gasteiger partial charge in [-0.15, -0.1) is 0 Å². The van der Waals surface area contributed by atoms with Crippen LogP contribution in [0.3, 0.4) is 0 Å². The molecule has 0 aliphatic heterocycles. The van der Waals surface area contributed by atoms with E-state index in [2.05, 4.69) is 24.1 Å². The van der Waals surface area contributed by atoms with Gasteiger partial charge < -0.3 is 19.4 Å². The van der Waals surface area contributed by atoms with Crippen LogP contribution in [0.25, 0.3) is 0 Å². The molecule has 0 bridgehead atoms. The number of nitrogens with one attached hydrogen (secondary N) is 1. The number of nitrogens with zero attached hydrogens (tertiary/aromatic N) is 2. The van der Waals surface area contributed by atoms with Gasteiger partial charge in [0.05, 0.1) is 13.2 Å². The van der Waals surface area contributed by atoms with E-state index < -0.39 is 18.1 Å². The summed E-state index contributed by atoms with van der Waals surface area (Å²) in [4.78, 5) is 29.7. The lowest BCUT2D eigenvalue weighted by Crippen LogP contribution is -2.32. The zero-order valence-electron chi connectivity index (χ0n) is 19.6. The number of carbonyl (C=O) groups is 2. The molecule has 2 aromatic carbocycles. The quantitative estimate of drug-likeness (QED) is 0.463. The SMILES string of the molecule is COC(=O)c1nc([C@H](CC(C)C)NC(=O)OCc2ccccc2)n(Cc2ccccc2)c1C. The summed E-state index contributed by atoms with van der Waals surface area (Å²) in [5, 5.41) is 2.96. The van der Waals surface area contributed by atoms with Crippen molar-refractivity contribution in [3.63, 3.8) is 0 Å². The van der Waals surface area contributed by atoms with Gasteiger partial charge >= 0.3 is 12.1 Å². The lowest BCUT2D eigenvalue weighted by Gasteiger charge is -2.22. The van der Waals surface area contributed by atoms with Crippen LogP contribution in [0.2, 0.25) is 0 Å². The van der Waals surface area contributed by atoms with Crippen molar-refractivity contribution >= 4 is 12.1 Å². The molecule has 1 N–H and O–H groups in total. The number of benzene rings is 2. The molecular formula is C26H31N3O4. The number of aromatic nitrogens is 2. The highest BCUT2D eigenvalue weighted by atomic mass is 16.5. The average Bonchev–Trinajstić information content (AvgIpc) is 3.14. The van der Waals surface area contributed by atoms with Crippen molar-refractivity contribution in [2.45, 2.75) is 46.4 Å². The first kappa shape index (κ1) is 24.0. The van der Waals surface area contributed by atoms with Gasteiger partial charge in [0.1, 0.15) is 12.4 Å². The number of carbonyl (C=O) groups excluding carboxylic acids is 2. The molecule has 0 unspecified atom stereocenters. The number of alkyl carbamates (subject to hydrolysis) is 1. The van der Waals surface area contributed by atoms with E-state index in [1.54, 1.807) is 0 Å². The number of hydrogen-bond donors (Lipinski definition) is 1. The summed E-state index contributed by atoms with van der Waals surface area (Å²) >= 11 is 0. The minimum absolute atomic E-state index is 0.173. The molecule has 0 radical (unpaired) electrons. The lowest BCUT2D eigenvalue weighted by molar-refractivity contribution is 0.0593. The monoisotopic (exact) mass is 449 g/mol. The summed E-state index contributed by atoms with van der Waals surface area (Å²) in [6, 6.07) is 19.0. The van der Waals surface area contributed by atoms with Gasteiger partial charge in [0, 0.05) is 12.2 Å². The predicted octanol–water partition coefficient (Wildman–Crippen LogP) is 5.04. The minimum atomic E-state index is -0.531. The standard InChI is InChI=1S/C26H31N3O4/c1-18(2)15-22(27-26(31)33-17-21-13-9-6-10-14-21)24-28-23(25(30)32-4)19(3)29(24)16-20-11-7-5-8-12-20/h5-14,18,22H,15-17H2,1-4H3,(H,27,31)/t22-/m0/s1. The molecule has 0 spiro atoms. The Bertz CT molecular complexity index is 1060. The van der Waals surface area contributed by atoms with E-state index in [9.17, 15) is 9.59 Å². The van der Waals surface area contributed by atoms with Gasteiger partial charge in [0.25, 0.3) is 0 Å². The Morgan fingerprint density at radius 3 is 2.18 bits per heavy atom. The Balaban J connectivity index is 1.89. The largest absolute Gasteiger partial charge is 0.464 e. The third-order valence-electron chi connectivity index (χ3n) is 5.34. The maximum Gasteiger partial charge on any atom is 0.408 e. The summed E-state index contributed by atoms with van der Waals surface area (Å²) in [6.07, 6.45) is 0.0998. The van der Waals surface area contributed by atoms with Crippen molar-refractivity contribution in [3.8, 4) is 0 Å². The van der Waals surface area contributed by atoms with E-state index in [1.165, 1.54) is 7.11 Å². The zero-order chi connectivity index (χ0) is 23.8. The van der Waals surface area contributed by atoms with Crippen LogP contribution in [0.1, 0.15) is 59.4 Å². The molecule has 0 aliphatic carbocycles. The van der Waals surface area contributed by atoms with Crippen molar-refractivity contribution < 1.29 is 19.1 Å². The van der Waals surface area contributed by atoms with Crippen molar-refractivity contribution in [2.75, 3.05) is 7.11 Å². The van der Waals surface area contributed by atoms with Gasteiger partial charge in [-0.05, 0) is 30.4 Å². The highest BCUT2D eigenvalue weighted by Gasteiger charge is 2.27. The molecule has 3 aromatic rings. The highest BCUT2D eigenvalue weighted by molar-refractivity contribution is 5.88. The van der Waals surface area contributed by atoms with Gasteiger partial charge in [-0.3, -0.25) is 0 Å². The molecule has 7 nitrogen and oxygen atoms in total. The molecule has 0 saturated carbocycles. The van der Waals surface area contributed by atoms with Gasteiger partial charge in [-0.25, -0.2) is 14.6 Å². The van der Waals surface area contributed by atoms with Crippen LogP contribution >= 0.6 is 0 Å². The molecule has 0 aliphatic rings. The van der Waals surface area contributed by atoms with E-state index in [-0.39, 0.29) is 18.2 Å². The lowest BCUT2D eigenvalue weighted by atomic mass is 10.0. The third-order valence-corrected chi connectivity index (χ3v) is 5.34. The molecule has 7 heteroatoms. The van der Waals surface area contributed by atoms with Crippen molar-refractivity contribution in [1.29, 1.82) is 0 Å². The van der Waals surface area contributed by atoms with Crippen LogP contribution in [0.5, 0.6) is 0 Å². The van der Waals surface area contributed by atoms with E-state index in [4.69, 9.17) is 9.47 Å². The normalized spacial score (nSPS) is 11.8. The fourth-order valence-corrected chi connectivity index (χ4v) is 3.68. The second kappa shape index (κ2) is 11.3. The number of methoxy groups -OCH3 is 1. The number of imidazole rings is 1. The second-order valence-corrected chi connectivity index (χ2v) is 8.36. The number of esters is 1. The maximum atomic E-state index is 12.7. The van der Waals surface area contributed by atoms with Crippen molar-refractivity contribution in [3.05, 3.63) is 89.0 Å². The van der Waals surface area contributed by atoms with Gasteiger partial charge in [0.2, 0.25) is 0 Å². The van der Waals surface area contributed by atoms with Crippen LogP contribution in [0, 0.1) is 12.8 Å². The van der Waals surface area contributed by atoms with Gasteiger partial charge in [-0.2, -0.15) is 0 Å². The Morgan fingerprint density at radius 1 is 1.00 bits per heavy atom. The third kappa shape index (κ3) is 6.44. The molecule has 174 valence electrons. The summed E-state index contributed by atoms with van der Waals surface area (Å²) < 4.78 is 12.3. The van der Waals surface area contributed by atoms with Crippen molar-refractivity contribution in [2.24, 2.45) is 5.92 Å². The Kier molecular flexibility index (Phi) is 8.24. The van der Waals surface area contributed by atoms with Gasteiger partial charge in [0.15, 0.2) is 5.69 Å². The number of rotatable bonds is 9. The van der Waals surface area contributed by atoms with E-state index in [1.807, 2.05) is 72.2 Å². The zero-order valence-corrected chi connectivity index (χ0v) is 19.6. The smallest absolute Gasteiger partial charge is 0.408 e. The number of ether oxygens (including phenoxy) is 2. The first-order chi connectivity index (χ1) is 15.9. The predicted molar refractivity (Wildman–Crippen MR) is 126 cm³/mol. The van der Waals surface area contributed by atoms with Crippen LogP contribution in [-0.4, -0.2) is 28.7 Å². The van der Waals surface area contributed by atoms with E-state index in [0.717, 1.165) is 11.1 Å². The molecule has 33 heavy (non-hydrogen) atoms. The summed E-state index contributed by atoms with van der Waals surface area (Å²) in [5.74, 6) is 0.366. The maximum absolute atomic E-state index is 12.7. The topological polar surface area (TPSA) is 82.4 Å². The molecular weight excluding hydrogens is 418 g/mol. The second-order valence-electron chi connectivity index (χ2n) is 8.36. The fourth-order valence-electron chi connectivity index (χ4n) is 3.68. The minimum Gasteiger partial charge on any atom is -0.464 e. The molecule has 0 saturated heterocycles. The Labute approximate surface area is 194 Å². The van der Waals surface area contributed by atoms with Crippen LogP contribution in [0.4, 0.5) is 4.79 Å². The number of amides is 1. The molecule has 1 atom stereocenters. The molecule has 3 rings (SSSR count). The molecule has 0 fully saturated rings. The number of hydrogen-bond acceptors (Lipinski definition) is 5. The summed E-state index contributed by atoms with van der Waals surface area (Å²) in [7, 11) is 1.34. The summed E-state index contributed by atoms with van der Waals surface area (Å²) in [6.45, 7) is 6.67. The first-order valence-electron chi connectivity index (χ1n) is 11.1. The molecule has 1 heterocycles. The molecule has 1 aromatic heterocycles. The Morgan fingerprint density at radius 2 is 1.61 bits per heavy atom. The fraction of sp³-hybridized carbons (Fsp3) is 0.346. The molecule has 1 amide bonds. The van der Waals surface area contributed by atoms with E-state index >= 15 is 0 Å². The van der Waals surface area contributed by atoms with Crippen LogP contribution in [-0.2, 0) is 22.6 Å². The van der Waals surface area contributed by atoms with Gasteiger partial charge in [-0.1, -0.05) is 74.5 Å².